The lowest BCUT2D eigenvalue weighted by Crippen LogP contribution is -1.92. The zero-order valence-electron chi connectivity index (χ0n) is 12.0. The van der Waals surface area contributed by atoms with Crippen molar-refractivity contribution in [3.63, 3.8) is 0 Å². The summed E-state index contributed by atoms with van der Waals surface area (Å²) >= 11 is 0. The van der Waals surface area contributed by atoms with Crippen molar-refractivity contribution in [3.8, 4) is 17.1 Å². The van der Waals surface area contributed by atoms with E-state index in [0.717, 1.165) is 0 Å². The molecule has 0 spiro atoms. The summed E-state index contributed by atoms with van der Waals surface area (Å²) in [6.07, 6.45) is 4.39. The number of rotatable bonds is 5. The molecule has 0 aliphatic rings. The van der Waals surface area contributed by atoms with Crippen molar-refractivity contribution in [3.05, 3.63) is 58.9 Å². The third kappa shape index (κ3) is 3.07. The number of aromatic nitrogens is 3. The number of hydrogen-bond donors (Lipinski definition) is 0. The lowest BCUT2D eigenvalue weighted by atomic mass is 10.1. The number of furan rings is 1. The van der Waals surface area contributed by atoms with Crippen LogP contribution in [0.5, 0.6) is 5.75 Å². The Labute approximate surface area is 130 Å². The van der Waals surface area contributed by atoms with Crippen LogP contribution in [-0.2, 0) is 0 Å². The lowest BCUT2D eigenvalue weighted by molar-refractivity contribution is -0.384. The number of ether oxygens (including phenoxy) is 1. The van der Waals surface area contributed by atoms with Crippen molar-refractivity contribution in [2.45, 2.75) is 0 Å². The smallest absolute Gasteiger partial charge is 0.273 e. The molecule has 0 amide bonds. The molecule has 0 saturated carbocycles. The molecule has 0 fully saturated rings. The third-order valence-electron chi connectivity index (χ3n) is 3.01. The topological polar surface area (TPSA) is 109 Å². The zero-order valence-corrected chi connectivity index (χ0v) is 12.0. The lowest BCUT2D eigenvalue weighted by Gasteiger charge is -2.05. The molecule has 0 aliphatic heterocycles. The summed E-state index contributed by atoms with van der Waals surface area (Å²) in [4.78, 5) is 10.3. The molecule has 23 heavy (non-hydrogen) atoms. The highest BCUT2D eigenvalue weighted by Crippen LogP contribution is 2.33. The van der Waals surface area contributed by atoms with E-state index in [1.54, 1.807) is 18.2 Å². The first-order valence-corrected chi connectivity index (χ1v) is 6.49. The maximum atomic E-state index is 10.8. The summed E-state index contributed by atoms with van der Waals surface area (Å²) in [5.41, 5.74) is 0.564. The number of nitro groups is 1. The van der Waals surface area contributed by atoms with Crippen molar-refractivity contribution in [1.29, 1.82) is 0 Å². The average molecular weight is 313 g/mol. The monoisotopic (exact) mass is 313 g/mol. The molecule has 0 unspecified atom stereocenters. The second-order valence-electron chi connectivity index (χ2n) is 4.43. The van der Waals surface area contributed by atoms with Crippen LogP contribution in [0.4, 0.5) is 5.69 Å². The summed E-state index contributed by atoms with van der Waals surface area (Å²) in [6, 6.07) is 7.78. The van der Waals surface area contributed by atoms with Crippen LogP contribution < -0.4 is 4.74 Å². The molecule has 9 nitrogen and oxygen atoms in total. The largest absolute Gasteiger partial charge is 0.496 e. The minimum atomic E-state index is -0.480. The Morgan fingerprint density at radius 2 is 2.09 bits per heavy atom. The van der Waals surface area contributed by atoms with E-state index in [0.29, 0.717) is 22.8 Å². The van der Waals surface area contributed by atoms with E-state index in [2.05, 4.69) is 15.3 Å². The number of nitrogens with zero attached hydrogens (tertiary/aromatic N) is 5. The predicted molar refractivity (Wildman–Crippen MR) is 80.4 cm³/mol. The molecule has 0 N–H and O–H groups in total. The first-order chi connectivity index (χ1) is 11.2. The Kier molecular flexibility index (Phi) is 3.83. The van der Waals surface area contributed by atoms with E-state index in [-0.39, 0.29) is 5.69 Å². The second-order valence-corrected chi connectivity index (χ2v) is 4.43. The van der Waals surface area contributed by atoms with Gasteiger partial charge in [-0.1, -0.05) is 0 Å². The quantitative estimate of drug-likeness (QED) is 0.406. The van der Waals surface area contributed by atoms with Crippen molar-refractivity contribution in [1.82, 2.24) is 14.9 Å². The molecular weight excluding hydrogens is 302 g/mol. The average Bonchev–Trinajstić information content (AvgIpc) is 3.23. The molecule has 0 saturated heterocycles. The maximum Gasteiger partial charge on any atom is 0.273 e. The van der Waals surface area contributed by atoms with Gasteiger partial charge in [-0.2, -0.15) is 5.10 Å². The minimum absolute atomic E-state index is 0.0495. The van der Waals surface area contributed by atoms with Crippen LogP contribution in [0.15, 0.2) is 52.5 Å². The standard InChI is InChI=1S/C14H11N5O4/c1-22-14-6-10(19(20)21)2-4-12(14)13-5-3-11(23-13)7-17-18-8-15-16-9-18/h2-9H,1H3/b17-7-. The van der Waals surface area contributed by atoms with E-state index in [4.69, 9.17) is 9.15 Å². The summed E-state index contributed by atoms with van der Waals surface area (Å²) in [7, 11) is 1.44. The van der Waals surface area contributed by atoms with Crippen LogP contribution in [0.25, 0.3) is 11.3 Å². The highest BCUT2D eigenvalue weighted by molar-refractivity contribution is 5.78. The Morgan fingerprint density at radius 3 is 2.78 bits per heavy atom. The first-order valence-electron chi connectivity index (χ1n) is 6.49. The second kappa shape index (κ2) is 6.10. The van der Waals surface area contributed by atoms with Gasteiger partial charge in [0, 0.05) is 6.07 Å². The number of hydrogen-bond acceptors (Lipinski definition) is 7. The van der Waals surface area contributed by atoms with E-state index >= 15 is 0 Å². The predicted octanol–water partition coefficient (Wildman–Crippen LogP) is 2.34. The molecule has 0 atom stereocenters. The SMILES string of the molecule is COc1cc([N+](=O)[O-])ccc1-c1ccc(/C=N\n2cnnc2)o1. The van der Waals surface area contributed by atoms with Crippen LogP contribution in [0, 0.1) is 10.1 Å². The van der Waals surface area contributed by atoms with Gasteiger partial charge >= 0.3 is 0 Å². The van der Waals surface area contributed by atoms with Crippen molar-refractivity contribution >= 4 is 11.9 Å². The van der Waals surface area contributed by atoms with Gasteiger partial charge in [-0.05, 0) is 18.2 Å². The van der Waals surface area contributed by atoms with E-state index < -0.39 is 4.92 Å². The van der Waals surface area contributed by atoms with Crippen LogP contribution in [0.1, 0.15) is 5.76 Å². The molecule has 0 aliphatic carbocycles. The fraction of sp³-hybridized carbons (Fsp3) is 0.0714. The van der Waals surface area contributed by atoms with Gasteiger partial charge in [0.2, 0.25) is 0 Å². The molecule has 2 heterocycles. The van der Waals surface area contributed by atoms with E-state index in [9.17, 15) is 10.1 Å². The summed E-state index contributed by atoms with van der Waals surface area (Å²) < 4.78 is 12.3. The molecule has 2 aromatic heterocycles. The Morgan fingerprint density at radius 1 is 1.30 bits per heavy atom. The third-order valence-corrected chi connectivity index (χ3v) is 3.01. The summed E-state index contributed by atoms with van der Waals surface area (Å²) in [6.45, 7) is 0. The fourth-order valence-corrected chi connectivity index (χ4v) is 1.94. The van der Waals surface area contributed by atoms with E-state index in [1.807, 2.05) is 0 Å². The molecule has 1 aromatic carbocycles. The van der Waals surface area contributed by atoms with Crippen LogP contribution >= 0.6 is 0 Å². The van der Waals surface area contributed by atoms with Crippen molar-refractivity contribution in [2.75, 3.05) is 7.11 Å². The Bertz CT molecular complexity index is 854. The summed E-state index contributed by atoms with van der Waals surface area (Å²) in [5, 5.41) is 22.1. The van der Waals surface area contributed by atoms with Gasteiger partial charge in [0.05, 0.1) is 29.9 Å². The normalized spacial score (nSPS) is 11.0. The van der Waals surface area contributed by atoms with Gasteiger partial charge in [0.1, 0.15) is 29.9 Å². The zero-order chi connectivity index (χ0) is 16.2. The Balaban J connectivity index is 1.89. The minimum Gasteiger partial charge on any atom is -0.496 e. The number of non-ortho nitro benzene ring substituents is 1. The fourth-order valence-electron chi connectivity index (χ4n) is 1.94. The van der Waals surface area contributed by atoms with Crippen LogP contribution in [-0.4, -0.2) is 33.1 Å². The highest BCUT2D eigenvalue weighted by Gasteiger charge is 2.15. The number of benzene rings is 1. The first kappa shape index (κ1) is 14.4. The van der Waals surface area contributed by atoms with Crippen LogP contribution in [0.2, 0.25) is 0 Å². The molecule has 3 rings (SSSR count). The van der Waals surface area contributed by atoms with E-state index in [1.165, 1.54) is 42.8 Å². The molecule has 3 aromatic rings. The molecule has 0 radical (unpaired) electrons. The number of nitro benzene ring substituents is 1. The van der Waals surface area contributed by atoms with Crippen LogP contribution in [0.3, 0.4) is 0 Å². The van der Waals surface area contributed by atoms with Crippen molar-refractivity contribution < 1.29 is 14.1 Å². The Hall–Kier alpha value is -3.49. The van der Waals surface area contributed by atoms with Gasteiger partial charge in [-0.25, -0.2) is 4.68 Å². The molecule has 9 heteroatoms. The van der Waals surface area contributed by atoms with Gasteiger partial charge < -0.3 is 9.15 Å². The molecule has 0 bridgehead atoms. The van der Waals surface area contributed by atoms with Crippen molar-refractivity contribution in [2.24, 2.45) is 5.10 Å². The maximum absolute atomic E-state index is 10.8. The van der Waals surface area contributed by atoms with Gasteiger partial charge in [0.25, 0.3) is 5.69 Å². The summed E-state index contributed by atoms with van der Waals surface area (Å²) in [5.74, 6) is 1.38. The molecule has 116 valence electrons. The molecular formula is C14H11N5O4. The van der Waals surface area contributed by atoms with Gasteiger partial charge in [-0.3, -0.25) is 10.1 Å². The highest BCUT2D eigenvalue weighted by atomic mass is 16.6. The van der Waals surface area contributed by atoms with Gasteiger partial charge in [-0.15, -0.1) is 10.2 Å². The number of methoxy groups -OCH3 is 1. The van der Waals surface area contributed by atoms with Gasteiger partial charge in [0.15, 0.2) is 0 Å².